The standard InChI is InChI=1S/C13H24N2O/c1-3-13(8-6-9-13)15-11(16)12(2)7-4-5-10-14-12/h14H,3-10H2,1-2H3,(H,15,16). The van der Waals surface area contributed by atoms with Crippen LogP contribution in [0.4, 0.5) is 0 Å². The quantitative estimate of drug-likeness (QED) is 0.769. The number of rotatable bonds is 3. The van der Waals surface area contributed by atoms with Gasteiger partial charge in [-0.25, -0.2) is 0 Å². The summed E-state index contributed by atoms with van der Waals surface area (Å²) in [7, 11) is 0. The number of hydrogen-bond acceptors (Lipinski definition) is 2. The molecule has 2 rings (SSSR count). The van der Waals surface area contributed by atoms with E-state index in [0.717, 1.165) is 38.6 Å². The van der Waals surface area contributed by atoms with Crippen LogP contribution in [0.2, 0.25) is 0 Å². The van der Waals surface area contributed by atoms with Gasteiger partial charge in [0.2, 0.25) is 5.91 Å². The van der Waals surface area contributed by atoms with Crippen LogP contribution in [-0.4, -0.2) is 23.5 Å². The van der Waals surface area contributed by atoms with Crippen LogP contribution in [0.25, 0.3) is 0 Å². The topological polar surface area (TPSA) is 41.1 Å². The summed E-state index contributed by atoms with van der Waals surface area (Å²) in [6, 6.07) is 0. The van der Waals surface area contributed by atoms with Crippen molar-refractivity contribution in [3.63, 3.8) is 0 Å². The minimum atomic E-state index is -0.323. The molecule has 0 radical (unpaired) electrons. The largest absolute Gasteiger partial charge is 0.349 e. The van der Waals surface area contributed by atoms with Crippen molar-refractivity contribution in [1.82, 2.24) is 10.6 Å². The lowest BCUT2D eigenvalue weighted by Gasteiger charge is -2.45. The van der Waals surface area contributed by atoms with Gasteiger partial charge < -0.3 is 10.6 Å². The van der Waals surface area contributed by atoms with Crippen molar-refractivity contribution in [3.05, 3.63) is 0 Å². The summed E-state index contributed by atoms with van der Waals surface area (Å²) in [5, 5.41) is 6.67. The summed E-state index contributed by atoms with van der Waals surface area (Å²) < 4.78 is 0. The molecule has 1 unspecified atom stereocenters. The molecule has 2 aliphatic rings. The maximum absolute atomic E-state index is 12.3. The van der Waals surface area contributed by atoms with Gasteiger partial charge >= 0.3 is 0 Å². The summed E-state index contributed by atoms with van der Waals surface area (Å²) in [6.07, 6.45) is 7.97. The van der Waals surface area contributed by atoms with Gasteiger partial charge in [-0.05, 0) is 58.4 Å². The second-order valence-corrected chi connectivity index (χ2v) is 5.66. The van der Waals surface area contributed by atoms with E-state index >= 15 is 0 Å². The summed E-state index contributed by atoms with van der Waals surface area (Å²) in [4.78, 5) is 12.3. The van der Waals surface area contributed by atoms with Gasteiger partial charge in [-0.1, -0.05) is 6.92 Å². The Balaban J connectivity index is 1.96. The average Bonchev–Trinajstić information content (AvgIpc) is 2.24. The predicted molar refractivity (Wildman–Crippen MR) is 65.3 cm³/mol. The summed E-state index contributed by atoms with van der Waals surface area (Å²) in [6.45, 7) is 5.20. The van der Waals surface area contributed by atoms with Crippen LogP contribution in [-0.2, 0) is 4.79 Å². The number of nitrogens with one attached hydrogen (secondary N) is 2. The molecule has 3 nitrogen and oxygen atoms in total. The molecule has 2 fully saturated rings. The number of piperidine rings is 1. The summed E-state index contributed by atoms with van der Waals surface area (Å²) >= 11 is 0. The predicted octanol–water partition coefficient (Wildman–Crippen LogP) is 1.97. The molecule has 16 heavy (non-hydrogen) atoms. The Hall–Kier alpha value is -0.570. The highest BCUT2D eigenvalue weighted by molar-refractivity contribution is 5.86. The molecule has 3 heteroatoms. The van der Waals surface area contributed by atoms with Crippen LogP contribution < -0.4 is 10.6 Å². The van der Waals surface area contributed by atoms with Crippen molar-refractivity contribution in [2.75, 3.05) is 6.54 Å². The van der Waals surface area contributed by atoms with Gasteiger partial charge in [0.15, 0.2) is 0 Å². The minimum Gasteiger partial charge on any atom is -0.349 e. The van der Waals surface area contributed by atoms with Gasteiger partial charge in [0, 0.05) is 5.54 Å². The second-order valence-electron chi connectivity index (χ2n) is 5.66. The van der Waals surface area contributed by atoms with Gasteiger partial charge in [-0.3, -0.25) is 4.79 Å². The molecule has 1 aliphatic carbocycles. The van der Waals surface area contributed by atoms with Crippen LogP contribution in [0.5, 0.6) is 0 Å². The zero-order valence-corrected chi connectivity index (χ0v) is 10.6. The lowest BCUT2D eigenvalue weighted by atomic mass is 9.74. The van der Waals surface area contributed by atoms with Crippen molar-refractivity contribution >= 4 is 5.91 Å². The Morgan fingerprint density at radius 2 is 2.00 bits per heavy atom. The van der Waals surface area contributed by atoms with E-state index in [1.165, 1.54) is 12.8 Å². The lowest BCUT2D eigenvalue weighted by Crippen LogP contribution is -2.63. The highest BCUT2D eigenvalue weighted by atomic mass is 16.2. The molecule has 2 N–H and O–H groups in total. The molecule has 1 aliphatic heterocycles. The van der Waals surface area contributed by atoms with E-state index in [0.29, 0.717) is 0 Å². The summed E-state index contributed by atoms with van der Waals surface area (Å²) in [5.41, 5.74) is -0.199. The third-order valence-electron chi connectivity index (χ3n) is 4.49. The molecule has 1 saturated carbocycles. The summed E-state index contributed by atoms with van der Waals surface area (Å²) in [5.74, 6) is 0.216. The maximum Gasteiger partial charge on any atom is 0.240 e. The first kappa shape index (κ1) is 11.9. The Bertz CT molecular complexity index is 260. The van der Waals surface area contributed by atoms with E-state index in [1.807, 2.05) is 6.92 Å². The number of amides is 1. The fraction of sp³-hybridized carbons (Fsp3) is 0.923. The maximum atomic E-state index is 12.3. The number of hydrogen-bond donors (Lipinski definition) is 2. The zero-order valence-electron chi connectivity index (χ0n) is 10.6. The Kier molecular flexibility index (Phi) is 3.24. The van der Waals surface area contributed by atoms with Crippen molar-refractivity contribution in [2.45, 2.75) is 69.9 Å². The van der Waals surface area contributed by atoms with Crippen LogP contribution in [0.15, 0.2) is 0 Å². The van der Waals surface area contributed by atoms with E-state index in [2.05, 4.69) is 17.6 Å². The van der Waals surface area contributed by atoms with E-state index < -0.39 is 0 Å². The molecular weight excluding hydrogens is 200 g/mol. The first-order valence-corrected chi connectivity index (χ1v) is 6.68. The minimum absolute atomic E-state index is 0.124. The molecule has 0 aromatic carbocycles. The third-order valence-corrected chi connectivity index (χ3v) is 4.49. The molecule has 0 bridgehead atoms. The van der Waals surface area contributed by atoms with Crippen molar-refractivity contribution in [2.24, 2.45) is 0 Å². The first-order valence-electron chi connectivity index (χ1n) is 6.68. The van der Waals surface area contributed by atoms with Crippen LogP contribution in [0.1, 0.15) is 58.8 Å². The normalized spacial score (nSPS) is 32.9. The van der Waals surface area contributed by atoms with E-state index in [-0.39, 0.29) is 17.0 Å². The van der Waals surface area contributed by atoms with Crippen molar-refractivity contribution < 1.29 is 4.79 Å². The smallest absolute Gasteiger partial charge is 0.240 e. The molecule has 92 valence electrons. The highest BCUT2D eigenvalue weighted by Gasteiger charge is 2.42. The van der Waals surface area contributed by atoms with Gasteiger partial charge in [0.1, 0.15) is 0 Å². The molecule has 1 saturated heterocycles. The van der Waals surface area contributed by atoms with Crippen molar-refractivity contribution in [1.29, 1.82) is 0 Å². The van der Waals surface area contributed by atoms with Crippen LogP contribution in [0, 0.1) is 0 Å². The lowest BCUT2D eigenvalue weighted by molar-refractivity contribution is -0.131. The second kappa shape index (κ2) is 4.36. The van der Waals surface area contributed by atoms with Gasteiger partial charge in [0.05, 0.1) is 5.54 Å². The van der Waals surface area contributed by atoms with Crippen LogP contribution >= 0.6 is 0 Å². The molecule has 0 spiro atoms. The fourth-order valence-electron chi connectivity index (χ4n) is 2.80. The Morgan fingerprint density at radius 1 is 1.25 bits per heavy atom. The van der Waals surface area contributed by atoms with Gasteiger partial charge in [0.25, 0.3) is 0 Å². The monoisotopic (exact) mass is 224 g/mol. The molecule has 0 aromatic rings. The highest BCUT2D eigenvalue weighted by Crippen LogP contribution is 2.35. The van der Waals surface area contributed by atoms with E-state index in [9.17, 15) is 4.79 Å². The Morgan fingerprint density at radius 3 is 2.44 bits per heavy atom. The molecular formula is C13H24N2O. The fourth-order valence-corrected chi connectivity index (χ4v) is 2.80. The SMILES string of the molecule is CCC1(NC(=O)C2(C)CCCCN2)CCC1. The zero-order chi connectivity index (χ0) is 11.6. The first-order chi connectivity index (χ1) is 7.60. The molecule has 1 atom stereocenters. The van der Waals surface area contributed by atoms with Crippen LogP contribution in [0.3, 0.4) is 0 Å². The third kappa shape index (κ3) is 2.10. The average molecular weight is 224 g/mol. The van der Waals surface area contributed by atoms with Gasteiger partial charge in [-0.2, -0.15) is 0 Å². The van der Waals surface area contributed by atoms with Crippen molar-refractivity contribution in [3.8, 4) is 0 Å². The molecule has 1 amide bonds. The Labute approximate surface area is 98.4 Å². The number of carbonyl (C=O) groups excluding carboxylic acids is 1. The van der Waals surface area contributed by atoms with E-state index in [4.69, 9.17) is 0 Å². The molecule has 0 aromatic heterocycles. The molecule has 1 heterocycles. The van der Waals surface area contributed by atoms with Gasteiger partial charge in [-0.15, -0.1) is 0 Å². The van der Waals surface area contributed by atoms with E-state index in [1.54, 1.807) is 0 Å². The number of carbonyl (C=O) groups is 1.